The van der Waals surface area contributed by atoms with Gasteiger partial charge in [-0.05, 0) is 54.4 Å². The van der Waals surface area contributed by atoms with Crippen molar-refractivity contribution < 1.29 is 28.2 Å². The molecule has 6 nitrogen and oxygen atoms in total. The van der Waals surface area contributed by atoms with Crippen molar-refractivity contribution in [1.29, 1.82) is 0 Å². The van der Waals surface area contributed by atoms with Gasteiger partial charge >= 0.3 is 0 Å². The molecule has 1 saturated heterocycles. The van der Waals surface area contributed by atoms with Gasteiger partial charge in [0.25, 0.3) is 0 Å². The maximum atomic E-state index is 11.5. The monoisotopic (exact) mass is 522 g/mol. The Bertz CT molecular complexity index is 646. The van der Waals surface area contributed by atoms with Crippen molar-refractivity contribution in [2.45, 2.75) is 147 Å². The second-order valence-electron chi connectivity index (χ2n) is 14.3. The second-order valence-corrected chi connectivity index (χ2v) is 28.6. The largest absolute Gasteiger partial charge is 0.414 e. The second kappa shape index (κ2) is 10.0. The summed E-state index contributed by atoms with van der Waals surface area (Å²) >= 11 is 0. The van der Waals surface area contributed by atoms with E-state index in [-0.39, 0.29) is 21.7 Å². The van der Waals surface area contributed by atoms with Crippen molar-refractivity contribution in [3.05, 3.63) is 0 Å². The molecule has 0 aromatic rings. The Kier molecular flexibility index (Phi) is 9.57. The van der Waals surface area contributed by atoms with Crippen LogP contribution in [0.3, 0.4) is 0 Å². The molecule has 1 rings (SSSR count). The summed E-state index contributed by atoms with van der Waals surface area (Å²) in [5.41, 5.74) is 0. The molecule has 33 heavy (non-hydrogen) atoms. The van der Waals surface area contributed by atoms with Crippen LogP contribution in [0, 0.1) is 0 Å². The van der Waals surface area contributed by atoms with Gasteiger partial charge in [-0.25, -0.2) is 0 Å². The van der Waals surface area contributed by atoms with Crippen molar-refractivity contribution in [1.82, 2.24) is 0 Å². The molecule has 1 aliphatic rings. The van der Waals surface area contributed by atoms with Gasteiger partial charge in [0.05, 0.1) is 6.61 Å². The minimum absolute atomic E-state index is 0.0380. The highest BCUT2D eigenvalue weighted by Gasteiger charge is 2.53. The van der Waals surface area contributed by atoms with Crippen LogP contribution in [0.4, 0.5) is 0 Å². The van der Waals surface area contributed by atoms with Crippen molar-refractivity contribution in [2.24, 2.45) is 0 Å². The molecular weight excluding hydrogens is 469 g/mol. The van der Waals surface area contributed by atoms with E-state index >= 15 is 0 Å². The quantitative estimate of drug-likeness (QED) is 0.407. The van der Waals surface area contributed by atoms with Crippen LogP contribution in [0.2, 0.25) is 54.4 Å². The van der Waals surface area contributed by atoms with Gasteiger partial charge in [0.1, 0.15) is 24.4 Å². The van der Waals surface area contributed by atoms with E-state index in [4.69, 9.17) is 18.0 Å². The lowest BCUT2D eigenvalue weighted by atomic mass is 9.99. The van der Waals surface area contributed by atoms with E-state index in [0.717, 1.165) is 0 Å². The van der Waals surface area contributed by atoms with Crippen molar-refractivity contribution in [3.8, 4) is 0 Å². The third-order valence-electron chi connectivity index (χ3n) is 8.53. The molecule has 0 spiro atoms. The van der Waals surface area contributed by atoms with Crippen LogP contribution in [0.1, 0.15) is 62.3 Å². The van der Waals surface area contributed by atoms with Crippen LogP contribution in [0.15, 0.2) is 0 Å². The Morgan fingerprint density at radius 3 is 1.36 bits per heavy atom. The zero-order valence-corrected chi connectivity index (χ0v) is 27.1. The molecule has 2 N–H and O–H groups in total. The minimum atomic E-state index is -2.27. The molecule has 0 unspecified atom stereocenters. The highest BCUT2D eigenvalue weighted by molar-refractivity contribution is 6.75. The van der Waals surface area contributed by atoms with Gasteiger partial charge in [0.15, 0.2) is 31.2 Å². The summed E-state index contributed by atoms with van der Waals surface area (Å²) in [6.07, 6.45) is -4.26. The third kappa shape index (κ3) is 7.45. The molecule has 0 aliphatic carbocycles. The van der Waals surface area contributed by atoms with E-state index in [1.807, 2.05) is 0 Å². The van der Waals surface area contributed by atoms with Crippen LogP contribution in [0.5, 0.6) is 0 Å². The normalized spacial score (nSPS) is 28.8. The summed E-state index contributed by atoms with van der Waals surface area (Å²) in [6, 6.07) is 0. The first kappa shape index (κ1) is 31.4. The van der Waals surface area contributed by atoms with E-state index in [1.165, 1.54) is 0 Å². The van der Waals surface area contributed by atoms with E-state index in [2.05, 4.69) is 102 Å². The topological polar surface area (TPSA) is 77.4 Å². The fourth-order valence-electron chi connectivity index (χ4n) is 2.85. The highest BCUT2D eigenvalue weighted by Crippen LogP contribution is 2.43. The molecule has 1 heterocycles. The van der Waals surface area contributed by atoms with Gasteiger partial charge in [-0.15, -0.1) is 0 Å². The summed E-state index contributed by atoms with van der Waals surface area (Å²) in [5, 5.41) is 22.5. The predicted molar refractivity (Wildman–Crippen MR) is 144 cm³/mol. The molecule has 0 aromatic carbocycles. The van der Waals surface area contributed by atoms with Gasteiger partial charge in [0, 0.05) is 0 Å². The molecule has 1 fully saturated rings. The minimum Gasteiger partial charge on any atom is -0.414 e. The molecule has 5 atom stereocenters. The zero-order chi connectivity index (χ0) is 26.4. The average molecular weight is 523 g/mol. The summed E-state index contributed by atoms with van der Waals surface area (Å²) in [5.74, 6) is 0. The van der Waals surface area contributed by atoms with Gasteiger partial charge in [0.2, 0.25) is 0 Å². The lowest BCUT2D eigenvalue weighted by Crippen LogP contribution is -2.66. The zero-order valence-electron chi connectivity index (χ0n) is 24.1. The Balaban J connectivity index is 3.28. The SMILES string of the molecule is CC(C)(C)[Si](C)(C)OC[C@H]1O[C@H](O)[C@H](O[Si](C)(C)C(C)(C)C)[C@@H](O[Si](C)(C)C(C)(C)C)[C@@H]1O. The molecule has 0 bridgehead atoms. The number of aliphatic hydroxyl groups is 2. The van der Waals surface area contributed by atoms with Crippen LogP contribution in [0.25, 0.3) is 0 Å². The lowest BCUT2D eigenvalue weighted by Gasteiger charge is -2.51. The first-order valence-corrected chi connectivity index (χ1v) is 21.1. The lowest BCUT2D eigenvalue weighted by molar-refractivity contribution is -0.279. The molecular formula is C24H54O6Si3. The third-order valence-corrected chi connectivity index (χ3v) is 22.0. The smallest absolute Gasteiger partial charge is 0.192 e. The Labute approximate surface area is 207 Å². The maximum Gasteiger partial charge on any atom is 0.192 e. The van der Waals surface area contributed by atoms with Gasteiger partial charge in [-0.2, -0.15) is 0 Å². The van der Waals surface area contributed by atoms with Crippen LogP contribution >= 0.6 is 0 Å². The van der Waals surface area contributed by atoms with Crippen LogP contribution in [-0.4, -0.2) is 72.5 Å². The molecule has 198 valence electrons. The molecule has 1 aliphatic heterocycles. The molecule has 0 saturated carbocycles. The first-order valence-electron chi connectivity index (χ1n) is 12.4. The first-order chi connectivity index (χ1) is 14.3. The fourth-order valence-corrected chi connectivity index (χ4v) is 6.45. The Morgan fingerprint density at radius 2 is 1.00 bits per heavy atom. The number of rotatable bonds is 7. The number of hydrogen-bond acceptors (Lipinski definition) is 6. The highest BCUT2D eigenvalue weighted by atomic mass is 28.4. The average Bonchev–Trinajstić information content (AvgIpc) is 2.56. The summed E-state index contributed by atoms with van der Waals surface area (Å²) in [7, 11) is -6.58. The predicted octanol–water partition coefficient (Wildman–Crippen LogP) is 5.87. The fraction of sp³-hybridized carbons (Fsp3) is 1.00. The number of hydrogen-bond donors (Lipinski definition) is 2. The van der Waals surface area contributed by atoms with Gasteiger partial charge in [-0.1, -0.05) is 62.3 Å². The van der Waals surface area contributed by atoms with E-state index in [0.29, 0.717) is 0 Å². The number of ether oxygens (including phenoxy) is 1. The molecule has 0 radical (unpaired) electrons. The van der Waals surface area contributed by atoms with E-state index in [1.54, 1.807) is 0 Å². The van der Waals surface area contributed by atoms with Gasteiger partial charge in [-0.3, -0.25) is 0 Å². The molecule has 9 heteroatoms. The van der Waals surface area contributed by atoms with Crippen LogP contribution in [-0.2, 0) is 18.0 Å². The summed E-state index contributed by atoms with van der Waals surface area (Å²) in [6.45, 7) is 32.7. The van der Waals surface area contributed by atoms with E-state index < -0.39 is 55.7 Å². The van der Waals surface area contributed by atoms with Crippen molar-refractivity contribution >= 4 is 25.0 Å². The Morgan fingerprint density at radius 1 is 0.636 bits per heavy atom. The maximum absolute atomic E-state index is 11.5. The molecule has 0 aromatic heterocycles. The number of aliphatic hydroxyl groups excluding tert-OH is 2. The summed E-state index contributed by atoms with van der Waals surface area (Å²) < 4.78 is 25.6. The Hall–Kier alpha value is 0.411. The van der Waals surface area contributed by atoms with Crippen molar-refractivity contribution in [3.63, 3.8) is 0 Å². The van der Waals surface area contributed by atoms with Crippen LogP contribution < -0.4 is 0 Å². The summed E-state index contributed by atoms with van der Waals surface area (Å²) in [4.78, 5) is 0. The van der Waals surface area contributed by atoms with Gasteiger partial charge < -0.3 is 28.2 Å². The standard InChI is InChI=1S/C24H54O6Si3/c1-22(2,3)31(10,11)27-16-17-18(25)19(29-32(12,13)23(4,5)6)20(21(26)28-17)30-33(14,15)24(7,8)9/h17-21,25-26H,16H2,1-15H3/t17-,18-,19+,20-,21+/m1/s1. The van der Waals surface area contributed by atoms with E-state index in [9.17, 15) is 10.2 Å². The molecule has 0 amide bonds. The van der Waals surface area contributed by atoms with Crippen molar-refractivity contribution in [2.75, 3.05) is 6.61 Å².